The van der Waals surface area contributed by atoms with Crippen LogP contribution in [0.25, 0.3) is 0 Å². The monoisotopic (exact) mass is 278 g/mol. The molecule has 2 aromatic rings. The minimum atomic E-state index is -0.869. The van der Waals surface area contributed by atoms with Crippen LogP contribution >= 0.6 is 0 Å². The van der Waals surface area contributed by atoms with Crippen molar-refractivity contribution < 1.29 is 14.3 Å². The Labute approximate surface area is 116 Å². The van der Waals surface area contributed by atoms with Crippen molar-refractivity contribution in [3.8, 4) is 0 Å². The molecule has 3 N–H and O–H groups in total. The number of hydrogen-bond acceptors (Lipinski definition) is 4. The first-order chi connectivity index (χ1) is 9.49. The zero-order valence-corrected chi connectivity index (χ0v) is 11.7. The molecule has 2 aromatic heterocycles. The molecule has 0 fully saturated rings. The van der Waals surface area contributed by atoms with Crippen LogP contribution in [0.4, 0.5) is 10.5 Å². The first-order valence-electron chi connectivity index (χ1n) is 6.25. The Balaban J connectivity index is 1.90. The lowest BCUT2D eigenvalue weighted by Gasteiger charge is -2.11. The molecule has 0 bridgehead atoms. The lowest BCUT2D eigenvalue weighted by atomic mass is 10.3. The van der Waals surface area contributed by atoms with Gasteiger partial charge >= 0.3 is 6.03 Å². The highest BCUT2D eigenvalue weighted by Crippen LogP contribution is 2.18. The van der Waals surface area contributed by atoms with Crippen LogP contribution in [0.2, 0.25) is 0 Å². The molecule has 0 radical (unpaired) electrons. The number of nitrogens with one attached hydrogen (secondary N) is 2. The van der Waals surface area contributed by atoms with E-state index in [1.54, 1.807) is 16.8 Å². The predicted molar refractivity (Wildman–Crippen MR) is 73.4 cm³/mol. The average Bonchev–Trinajstić information content (AvgIpc) is 3.01. The largest absolute Gasteiger partial charge is 0.467 e. The van der Waals surface area contributed by atoms with E-state index >= 15 is 0 Å². The van der Waals surface area contributed by atoms with E-state index in [2.05, 4.69) is 15.7 Å². The third-order valence-electron chi connectivity index (χ3n) is 3.08. The molecule has 2 heterocycles. The van der Waals surface area contributed by atoms with E-state index in [-0.39, 0.29) is 6.54 Å². The minimum Gasteiger partial charge on any atom is -0.467 e. The molecular weight excluding hydrogens is 260 g/mol. The molecule has 0 aliphatic rings. The van der Waals surface area contributed by atoms with Crippen LogP contribution in [0.15, 0.2) is 22.8 Å². The van der Waals surface area contributed by atoms with Crippen molar-refractivity contribution in [1.29, 1.82) is 0 Å². The highest BCUT2D eigenvalue weighted by molar-refractivity contribution is 5.90. The smallest absolute Gasteiger partial charge is 0.319 e. The van der Waals surface area contributed by atoms with Crippen molar-refractivity contribution in [3.63, 3.8) is 0 Å². The third kappa shape index (κ3) is 3.00. The summed E-state index contributed by atoms with van der Waals surface area (Å²) in [6.07, 6.45) is 0.605. The van der Waals surface area contributed by atoms with Crippen molar-refractivity contribution in [3.05, 3.63) is 35.5 Å². The summed E-state index contributed by atoms with van der Waals surface area (Å²) in [5, 5.41) is 19.3. The second-order valence-corrected chi connectivity index (χ2v) is 4.54. The number of aryl methyl sites for hydroxylation is 2. The standard InChI is InChI=1S/C13H18N4O3/c1-8-12(9(2)17(3)16-8)15-13(19)14-7-10(18)11-5-4-6-20-11/h4-6,10,18H,7H2,1-3H3,(H2,14,15,19)/t10-/m0/s1. The second kappa shape index (κ2) is 5.79. The van der Waals surface area contributed by atoms with Crippen molar-refractivity contribution in [2.75, 3.05) is 11.9 Å². The molecule has 0 aliphatic carbocycles. The number of carbonyl (C=O) groups excluding carboxylic acids is 1. The number of anilines is 1. The van der Waals surface area contributed by atoms with Gasteiger partial charge in [0.05, 0.1) is 29.9 Å². The second-order valence-electron chi connectivity index (χ2n) is 4.54. The SMILES string of the molecule is Cc1nn(C)c(C)c1NC(=O)NC[C@H](O)c1ccco1. The summed E-state index contributed by atoms with van der Waals surface area (Å²) in [5.74, 6) is 0.416. The van der Waals surface area contributed by atoms with Gasteiger partial charge in [-0.1, -0.05) is 0 Å². The summed E-state index contributed by atoms with van der Waals surface area (Å²) in [6, 6.07) is 2.94. The Morgan fingerprint density at radius 3 is 2.85 bits per heavy atom. The van der Waals surface area contributed by atoms with Gasteiger partial charge in [0.15, 0.2) is 0 Å². The Morgan fingerprint density at radius 2 is 2.30 bits per heavy atom. The maximum Gasteiger partial charge on any atom is 0.319 e. The molecule has 2 rings (SSSR count). The van der Waals surface area contributed by atoms with Gasteiger partial charge in [0.25, 0.3) is 0 Å². The first-order valence-corrected chi connectivity index (χ1v) is 6.25. The van der Waals surface area contributed by atoms with E-state index in [1.165, 1.54) is 6.26 Å². The maximum atomic E-state index is 11.8. The number of urea groups is 1. The Kier molecular flexibility index (Phi) is 4.09. The van der Waals surface area contributed by atoms with Gasteiger partial charge in [-0.15, -0.1) is 0 Å². The van der Waals surface area contributed by atoms with Crippen LogP contribution in [0.1, 0.15) is 23.3 Å². The number of aliphatic hydroxyl groups excluding tert-OH is 1. The number of furan rings is 1. The number of aromatic nitrogens is 2. The fourth-order valence-corrected chi connectivity index (χ4v) is 1.88. The fourth-order valence-electron chi connectivity index (χ4n) is 1.88. The van der Waals surface area contributed by atoms with E-state index in [0.717, 1.165) is 11.4 Å². The van der Waals surface area contributed by atoms with Gasteiger partial charge in [-0.25, -0.2) is 4.79 Å². The first kappa shape index (κ1) is 14.1. The number of hydrogen-bond donors (Lipinski definition) is 3. The van der Waals surface area contributed by atoms with Gasteiger partial charge in [-0.3, -0.25) is 4.68 Å². The molecule has 0 spiro atoms. The highest BCUT2D eigenvalue weighted by Gasteiger charge is 2.14. The maximum absolute atomic E-state index is 11.8. The summed E-state index contributed by atoms with van der Waals surface area (Å²) in [7, 11) is 1.81. The lowest BCUT2D eigenvalue weighted by Crippen LogP contribution is -2.32. The van der Waals surface area contributed by atoms with Crippen molar-refractivity contribution in [2.45, 2.75) is 20.0 Å². The van der Waals surface area contributed by atoms with Gasteiger partial charge in [0, 0.05) is 7.05 Å². The van der Waals surface area contributed by atoms with Gasteiger partial charge in [0.2, 0.25) is 0 Å². The van der Waals surface area contributed by atoms with E-state index in [1.807, 2.05) is 20.9 Å². The summed E-state index contributed by atoms with van der Waals surface area (Å²) in [6.45, 7) is 3.76. The molecule has 7 nitrogen and oxygen atoms in total. The zero-order valence-electron chi connectivity index (χ0n) is 11.7. The Bertz CT molecular complexity index is 589. The topological polar surface area (TPSA) is 92.3 Å². The Morgan fingerprint density at radius 1 is 1.55 bits per heavy atom. The van der Waals surface area contributed by atoms with E-state index in [0.29, 0.717) is 11.4 Å². The van der Waals surface area contributed by atoms with Gasteiger partial charge < -0.3 is 20.2 Å². The van der Waals surface area contributed by atoms with Crippen molar-refractivity contribution >= 4 is 11.7 Å². The van der Waals surface area contributed by atoms with E-state index in [9.17, 15) is 9.90 Å². The van der Waals surface area contributed by atoms with Crippen LogP contribution in [0.3, 0.4) is 0 Å². The number of nitrogens with zero attached hydrogens (tertiary/aromatic N) is 2. The van der Waals surface area contributed by atoms with Gasteiger partial charge in [-0.2, -0.15) is 5.10 Å². The van der Waals surface area contributed by atoms with E-state index in [4.69, 9.17) is 4.42 Å². The molecule has 2 amide bonds. The van der Waals surface area contributed by atoms with Crippen molar-refractivity contribution in [1.82, 2.24) is 15.1 Å². The molecule has 108 valence electrons. The number of aliphatic hydroxyl groups is 1. The molecule has 20 heavy (non-hydrogen) atoms. The summed E-state index contributed by atoms with van der Waals surface area (Å²) in [5.41, 5.74) is 2.29. The van der Waals surface area contributed by atoms with Crippen LogP contribution in [0, 0.1) is 13.8 Å². The van der Waals surface area contributed by atoms with Crippen LogP contribution < -0.4 is 10.6 Å². The van der Waals surface area contributed by atoms with Crippen molar-refractivity contribution in [2.24, 2.45) is 7.05 Å². The number of amides is 2. The number of rotatable bonds is 4. The molecule has 0 saturated heterocycles. The van der Waals surface area contributed by atoms with E-state index < -0.39 is 12.1 Å². The molecule has 0 saturated carbocycles. The molecule has 0 aliphatic heterocycles. The molecular formula is C13H18N4O3. The normalized spacial score (nSPS) is 12.2. The van der Waals surface area contributed by atoms with Crippen LogP contribution in [-0.4, -0.2) is 27.5 Å². The van der Waals surface area contributed by atoms with Gasteiger partial charge in [0.1, 0.15) is 11.9 Å². The molecule has 1 atom stereocenters. The summed E-state index contributed by atoms with van der Waals surface area (Å²) in [4.78, 5) is 11.8. The quantitative estimate of drug-likeness (QED) is 0.790. The average molecular weight is 278 g/mol. The van der Waals surface area contributed by atoms with Crippen LogP contribution in [0.5, 0.6) is 0 Å². The summed E-state index contributed by atoms with van der Waals surface area (Å²) < 4.78 is 6.75. The molecule has 0 aromatic carbocycles. The Hall–Kier alpha value is -2.28. The fraction of sp³-hybridized carbons (Fsp3) is 0.385. The summed E-state index contributed by atoms with van der Waals surface area (Å²) >= 11 is 0. The van der Waals surface area contributed by atoms with Crippen LogP contribution in [-0.2, 0) is 7.05 Å². The molecule has 0 unspecified atom stereocenters. The van der Waals surface area contributed by atoms with Gasteiger partial charge in [-0.05, 0) is 26.0 Å². The zero-order chi connectivity index (χ0) is 14.7. The number of carbonyl (C=O) groups is 1. The minimum absolute atomic E-state index is 0.0672. The molecule has 7 heteroatoms. The predicted octanol–water partition coefficient (Wildman–Crippen LogP) is 1.49. The highest BCUT2D eigenvalue weighted by atomic mass is 16.4. The third-order valence-corrected chi connectivity index (χ3v) is 3.08. The lowest BCUT2D eigenvalue weighted by molar-refractivity contribution is 0.149.